The van der Waals surface area contributed by atoms with Crippen molar-refractivity contribution in [1.82, 2.24) is 4.90 Å². The van der Waals surface area contributed by atoms with Crippen LogP contribution in [-0.4, -0.2) is 61.4 Å². The van der Waals surface area contributed by atoms with Gasteiger partial charge < -0.3 is 19.3 Å². The summed E-state index contributed by atoms with van der Waals surface area (Å²) in [4.78, 5) is 26.0. The van der Waals surface area contributed by atoms with E-state index >= 15 is 0 Å². The lowest BCUT2D eigenvalue weighted by Gasteiger charge is -2.26. The molecule has 2 aliphatic heterocycles. The van der Waals surface area contributed by atoms with Crippen molar-refractivity contribution < 1.29 is 28.9 Å². The molecule has 0 amide bonds. The van der Waals surface area contributed by atoms with E-state index < -0.39 is 5.97 Å². The fourth-order valence-corrected chi connectivity index (χ4v) is 3.56. The highest BCUT2D eigenvalue weighted by molar-refractivity contribution is 5.97. The minimum Gasteiger partial charge on any atom is -0.507 e. The van der Waals surface area contributed by atoms with Crippen LogP contribution in [0.2, 0.25) is 0 Å². The number of aryl methyl sites for hydroxylation is 1. The van der Waals surface area contributed by atoms with Gasteiger partial charge >= 0.3 is 11.9 Å². The second kappa shape index (κ2) is 9.89. The maximum absolute atomic E-state index is 11.9. The minimum atomic E-state index is -0.469. The summed E-state index contributed by atoms with van der Waals surface area (Å²) >= 11 is 0. The average Bonchev–Trinajstić information content (AvgIpc) is 3.11. The molecule has 0 aliphatic carbocycles. The molecule has 7 heteroatoms. The van der Waals surface area contributed by atoms with E-state index in [9.17, 15) is 14.7 Å². The standard InChI is InChI=1S/C22H29NO6/c1-15(4-6-19(24)28-12-9-23-7-10-27-11-8-23)3-5-17-13-16(2)18-14-29-22(26)20(18)21(17)25/h3,13,25H,4-12,14H2,1-2H3/b15-3+. The third-order valence-electron chi connectivity index (χ3n) is 5.43. The molecule has 7 nitrogen and oxygen atoms in total. The van der Waals surface area contributed by atoms with Crippen LogP contribution in [0.1, 0.15) is 46.8 Å². The van der Waals surface area contributed by atoms with Crippen molar-refractivity contribution >= 4 is 11.9 Å². The molecule has 1 saturated heterocycles. The van der Waals surface area contributed by atoms with Gasteiger partial charge in [0.15, 0.2) is 0 Å². The van der Waals surface area contributed by atoms with Crippen molar-refractivity contribution in [2.45, 2.75) is 39.7 Å². The number of rotatable bonds is 8. The van der Waals surface area contributed by atoms with Crippen LogP contribution in [0.4, 0.5) is 0 Å². The number of morpholine rings is 1. The Morgan fingerprint density at radius 2 is 2.07 bits per heavy atom. The maximum atomic E-state index is 11.9. The van der Waals surface area contributed by atoms with Gasteiger partial charge in [0.25, 0.3) is 0 Å². The van der Waals surface area contributed by atoms with Gasteiger partial charge in [-0.2, -0.15) is 0 Å². The zero-order valence-corrected chi connectivity index (χ0v) is 17.2. The quantitative estimate of drug-likeness (QED) is 0.527. The van der Waals surface area contributed by atoms with Crippen LogP contribution in [0.15, 0.2) is 17.7 Å². The zero-order valence-electron chi connectivity index (χ0n) is 17.2. The Bertz CT molecular complexity index is 795. The van der Waals surface area contributed by atoms with Crippen LogP contribution in [0, 0.1) is 6.92 Å². The van der Waals surface area contributed by atoms with Crippen molar-refractivity contribution in [3.63, 3.8) is 0 Å². The molecule has 0 saturated carbocycles. The van der Waals surface area contributed by atoms with Gasteiger partial charge in [-0.25, -0.2) is 4.79 Å². The van der Waals surface area contributed by atoms with Crippen LogP contribution < -0.4 is 0 Å². The van der Waals surface area contributed by atoms with Crippen LogP contribution in [0.5, 0.6) is 5.75 Å². The first-order chi connectivity index (χ1) is 14.0. The molecule has 29 heavy (non-hydrogen) atoms. The van der Waals surface area contributed by atoms with E-state index in [0.717, 1.165) is 49.5 Å². The molecule has 3 rings (SSSR count). The molecular formula is C22H29NO6. The summed E-state index contributed by atoms with van der Waals surface area (Å²) in [6, 6.07) is 1.89. The number of fused-ring (bicyclic) bond motifs is 1. The molecule has 0 spiro atoms. The van der Waals surface area contributed by atoms with Gasteiger partial charge in [-0.3, -0.25) is 9.69 Å². The third kappa shape index (κ3) is 5.58. The van der Waals surface area contributed by atoms with E-state index in [1.165, 1.54) is 0 Å². The number of hydrogen-bond donors (Lipinski definition) is 1. The number of carbonyl (C=O) groups is 2. The number of nitrogens with zero attached hydrogens (tertiary/aromatic N) is 1. The summed E-state index contributed by atoms with van der Waals surface area (Å²) < 4.78 is 15.6. The molecule has 1 aromatic rings. The molecule has 158 valence electrons. The van der Waals surface area contributed by atoms with E-state index in [2.05, 4.69) is 4.90 Å². The number of phenols is 1. The highest BCUT2D eigenvalue weighted by atomic mass is 16.5. The summed E-state index contributed by atoms with van der Waals surface area (Å²) in [5.74, 6) is -0.673. The van der Waals surface area contributed by atoms with Gasteiger partial charge in [0, 0.05) is 31.6 Å². The van der Waals surface area contributed by atoms with Crippen LogP contribution in [-0.2, 0) is 32.0 Å². The summed E-state index contributed by atoms with van der Waals surface area (Å²) in [5, 5.41) is 10.4. The number of cyclic esters (lactones) is 1. The molecular weight excluding hydrogens is 374 g/mol. The second-order valence-electron chi connectivity index (χ2n) is 7.56. The molecule has 0 radical (unpaired) electrons. The predicted octanol–water partition coefficient (Wildman–Crippen LogP) is 2.52. The van der Waals surface area contributed by atoms with Gasteiger partial charge in [0.05, 0.1) is 13.2 Å². The van der Waals surface area contributed by atoms with Crippen LogP contribution in [0.3, 0.4) is 0 Å². The van der Waals surface area contributed by atoms with Gasteiger partial charge in [0.2, 0.25) is 0 Å². The minimum absolute atomic E-state index is 0.000303. The van der Waals surface area contributed by atoms with Gasteiger partial charge in [0.1, 0.15) is 24.5 Å². The largest absolute Gasteiger partial charge is 0.507 e. The Balaban J connectivity index is 1.44. The summed E-state index contributed by atoms with van der Waals surface area (Å²) in [7, 11) is 0. The SMILES string of the molecule is C/C(=C\Cc1cc(C)c2c(c1O)C(=O)OC2)CCC(=O)OCCN1CCOCC1. The molecule has 1 N–H and O–H groups in total. The number of phenolic OH excluding ortho intramolecular Hbond substituents is 1. The van der Waals surface area contributed by atoms with Crippen molar-refractivity contribution in [3.05, 3.63) is 40.0 Å². The molecule has 0 atom stereocenters. The van der Waals surface area contributed by atoms with E-state index in [4.69, 9.17) is 14.2 Å². The number of benzene rings is 1. The van der Waals surface area contributed by atoms with Crippen LogP contribution in [0.25, 0.3) is 0 Å². The normalized spacial score (nSPS) is 17.2. The Hall–Kier alpha value is -2.38. The van der Waals surface area contributed by atoms with E-state index in [0.29, 0.717) is 31.4 Å². The fourth-order valence-electron chi connectivity index (χ4n) is 3.56. The molecule has 1 fully saturated rings. The first-order valence-electron chi connectivity index (χ1n) is 10.1. The molecule has 2 aliphatic rings. The first kappa shape index (κ1) is 21.3. The predicted molar refractivity (Wildman–Crippen MR) is 107 cm³/mol. The number of hydrogen-bond acceptors (Lipinski definition) is 7. The Morgan fingerprint density at radius 1 is 1.31 bits per heavy atom. The van der Waals surface area contributed by atoms with Crippen molar-refractivity contribution in [3.8, 4) is 5.75 Å². The summed E-state index contributed by atoms with van der Waals surface area (Å²) in [5.41, 5.74) is 3.71. The van der Waals surface area contributed by atoms with Crippen molar-refractivity contribution in [2.75, 3.05) is 39.5 Å². The first-order valence-corrected chi connectivity index (χ1v) is 10.1. The highest BCUT2D eigenvalue weighted by Gasteiger charge is 2.28. The number of aromatic hydroxyl groups is 1. The lowest BCUT2D eigenvalue weighted by Crippen LogP contribution is -2.38. The smallest absolute Gasteiger partial charge is 0.342 e. The Labute approximate surface area is 171 Å². The summed E-state index contributed by atoms with van der Waals surface area (Å²) in [6.45, 7) is 8.45. The van der Waals surface area contributed by atoms with E-state index in [1.54, 1.807) is 0 Å². The zero-order chi connectivity index (χ0) is 20.8. The topological polar surface area (TPSA) is 85.3 Å². The third-order valence-corrected chi connectivity index (χ3v) is 5.43. The van der Waals surface area contributed by atoms with Crippen molar-refractivity contribution in [2.24, 2.45) is 0 Å². The Kier molecular flexibility index (Phi) is 7.28. The fraction of sp³-hybridized carbons (Fsp3) is 0.545. The summed E-state index contributed by atoms with van der Waals surface area (Å²) in [6.07, 6.45) is 3.39. The molecule has 0 bridgehead atoms. The Morgan fingerprint density at radius 3 is 2.83 bits per heavy atom. The number of carbonyl (C=O) groups excluding carboxylic acids is 2. The van der Waals surface area contributed by atoms with Gasteiger partial charge in [-0.1, -0.05) is 17.7 Å². The van der Waals surface area contributed by atoms with Gasteiger partial charge in [-0.05, 0) is 37.8 Å². The lowest BCUT2D eigenvalue weighted by molar-refractivity contribution is -0.144. The molecule has 0 aromatic heterocycles. The van der Waals surface area contributed by atoms with E-state index in [-0.39, 0.29) is 23.9 Å². The number of allylic oxidation sites excluding steroid dienone is 2. The van der Waals surface area contributed by atoms with Gasteiger partial charge in [-0.15, -0.1) is 0 Å². The van der Waals surface area contributed by atoms with E-state index in [1.807, 2.05) is 26.0 Å². The monoisotopic (exact) mass is 403 g/mol. The molecule has 1 aromatic carbocycles. The second-order valence-corrected chi connectivity index (χ2v) is 7.56. The lowest BCUT2D eigenvalue weighted by atomic mass is 9.96. The van der Waals surface area contributed by atoms with Crippen LogP contribution >= 0.6 is 0 Å². The molecule has 2 heterocycles. The average molecular weight is 403 g/mol. The number of esters is 2. The van der Waals surface area contributed by atoms with Crippen molar-refractivity contribution in [1.29, 1.82) is 0 Å². The highest BCUT2D eigenvalue weighted by Crippen LogP contribution is 2.34. The number of ether oxygens (including phenoxy) is 3. The maximum Gasteiger partial charge on any atom is 0.342 e. The molecule has 0 unspecified atom stereocenters.